The molecule has 2 heteroatoms. The van der Waals surface area contributed by atoms with Crippen molar-refractivity contribution in [2.75, 3.05) is 0 Å². The molecule has 0 unspecified atom stereocenters. The molecule has 0 aromatic rings. The maximum atomic E-state index is 2.36. The molecule has 0 aliphatic heterocycles. The summed E-state index contributed by atoms with van der Waals surface area (Å²) in [5.74, 6) is 2.69. The third kappa shape index (κ3) is 15.0. The van der Waals surface area contributed by atoms with Gasteiger partial charge in [-0.2, -0.15) is 19.0 Å². The quantitative estimate of drug-likeness (QED) is 0.549. The Hall–Kier alpha value is 1.06. The first-order valence-corrected chi connectivity index (χ1v) is 7.69. The Morgan fingerprint density at radius 2 is 0.824 bits per heavy atom. The number of hydrogen-bond acceptors (Lipinski definition) is 0. The van der Waals surface area contributed by atoms with E-state index in [1.807, 2.05) is 0 Å². The zero-order valence-corrected chi connectivity index (χ0v) is 15.7. The van der Waals surface area contributed by atoms with Gasteiger partial charge in [-0.15, -0.1) is 0 Å². The Balaban J connectivity index is 0. The molecule has 0 bridgehead atoms. The van der Waals surface area contributed by atoms with Gasteiger partial charge in [0.25, 0.3) is 0 Å². The van der Waals surface area contributed by atoms with Crippen LogP contribution in [0.4, 0.5) is 0 Å². The fourth-order valence-corrected chi connectivity index (χ4v) is 2.62. The molecule has 0 atom stereocenters. The molecule has 98 valence electrons. The molecule has 0 aromatic heterocycles. The second-order valence-corrected chi connectivity index (χ2v) is 7.17. The first-order valence-electron chi connectivity index (χ1n) is 7.69. The maximum Gasteiger partial charge on any atom is 1.00 e. The molecule has 0 aliphatic rings. The van der Waals surface area contributed by atoms with Crippen molar-refractivity contribution in [3.8, 4) is 0 Å². The third-order valence-corrected chi connectivity index (χ3v) is 3.84. The van der Waals surface area contributed by atoms with Crippen molar-refractivity contribution in [2.45, 2.75) is 79.8 Å². The average molecular weight is 248 g/mol. The summed E-state index contributed by atoms with van der Waals surface area (Å²) in [6.45, 7) is 14.3. The van der Waals surface area contributed by atoms with E-state index in [0.717, 1.165) is 17.8 Å². The summed E-state index contributed by atoms with van der Waals surface area (Å²) in [7, 11) is 0. The van der Waals surface area contributed by atoms with E-state index in [1.54, 1.807) is 0 Å². The molecule has 0 rings (SSSR count). The Bertz CT molecular complexity index is 126. The summed E-state index contributed by atoms with van der Waals surface area (Å²) in [4.78, 5) is 0. The molecule has 0 nitrogen and oxygen atoms in total. The van der Waals surface area contributed by atoms with Gasteiger partial charge in [0.15, 0.2) is 0 Å². The molecule has 0 fully saturated rings. The van der Waals surface area contributed by atoms with Crippen molar-refractivity contribution in [2.24, 2.45) is 17.8 Å². The molecular weight excluding hydrogens is 214 g/mol. The van der Waals surface area contributed by atoms with Gasteiger partial charge in [0, 0.05) is 0 Å². The number of rotatable bonds is 9. The fourth-order valence-electron chi connectivity index (χ4n) is 2.62. The molecule has 0 spiro atoms. The Kier molecular flexibility index (Phi) is 14.5. The van der Waals surface area contributed by atoms with Crippen LogP contribution in [0.1, 0.15) is 60.8 Å². The average Bonchev–Trinajstić information content (AvgIpc) is 2.15. The Labute approximate surface area is 133 Å². The second kappa shape index (κ2) is 12.1. The fraction of sp³-hybridized carbons (Fsp3) is 1.00. The van der Waals surface area contributed by atoms with Gasteiger partial charge >= 0.3 is 29.6 Å². The largest absolute Gasteiger partial charge is 1.00 e. The van der Waals surface area contributed by atoms with E-state index in [0.29, 0.717) is 0 Å². The van der Waals surface area contributed by atoms with Crippen LogP contribution < -0.4 is 29.6 Å². The second-order valence-electron chi connectivity index (χ2n) is 7.17. The first-order chi connectivity index (χ1) is 7.41. The minimum Gasteiger partial charge on any atom is -0.181 e. The van der Waals surface area contributed by atoms with Gasteiger partial charge < -0.3 is 0 Å². The topological polar surface area (TPSA) is 0 Å². The van der Waals surface area contributed by atoms with Crippen LogP contribution in [-0.4, -0.2) is 6.71 Å². The summed E-state index contributed by atoms with van der Waals surface area (Å²) < 4.78 is 0. The van der Waals surface area contributed by atoms with E-state index in [1.165, 1.54) is 38.2 Å². The molecule has 0 heterocycles. The van der Waals surface area contributed by atoms with E-state index < -0.39 is 0 Å². The Morgan fingerprint density at radius 1 is 0.588 bits per heavy atom. The predicted octanol–water partition coefficient (Wildman–Crippen LogP) is 2.36. The number of hydrogen-bond donors (Lipinski definition) is 0. The molecule has 0 aliphatic carbocycles. The van der Waals surface area contributed by atoms with Crippen LogP contribution in [0.5, 0.6) is 0 Å². The van der Waals surface area contributed by atoms with Crippen molar-refractivity contribution >= 4 is 6.71 Å². The summed E-state index contributed by atoms with van der Waals surface area (Å²) >= 11 is 0. The van der Waals surface area contributed by atoms with Crippen LogP contribution in [0, 0.1) is 17.8 Å². The van der Waals surface area contributed by atoms with E-state index in [9.17, 15) is 0 Å². The predicted molar refractivity (Wildman–Crippen MR) is 79.9 cm³/mol. The summed E-state index contributed by atoms with van der Waals surface area (Å²) in [5.41, 5.74) is 0. The van der Waals surface area contributed by atoms with Gasteiger partial charge in [-0.3, -0.25) is 0 Å². The zero-order valence-electron chi connectivity index (χ0n) is 13.7. The molecule has 17 heavy (non-hydrogen) atoms. The van der Waals surface area contributed by atoms with Gasteiger partial charge in [-0.05, 0) is 6.71 Å². The molecule has 0 amide bonds. The van der Waals surface area contributed by atoms with E-state index >= 15 is 0 Å². The van der Waals surface area contributed by atoms with E-state index in [-0.39, 0.29) is 36.3 Å². The van der Waals surface area contributed by atoms with Gasteiger partial charge in [-0.25, -0.2) is 0 Å². The zero-order chi connectivity index (χ0) is 12.6. The monoisotopic (exact) mass is 248 g/mol. The molecular formula is C15H34BNa. The maximum absolute atomic E-state index is 2.36. The summed E-state index contributed by atoms with van der Waals surface area (Å²) in [6, 6.07) is 0. The normalized spacial score (nSPS) is 11.6. The molecule has 0 saturated heterocycles. The summed E-state index contributed by atoms with van der Waals surface area (Å²) in [5, 5.41) is 0. The SMILES string of the molecule is CC(C)CC[BH-](CCC(C)C)CCC(C)C.[Na+]. The molecule has 0 saturated carbocycles. The molecule has 0 aromatic carbocycles. The standard InChI is InChI=1S/C15H34B.Na/c1-13(2)7-10-16(11-8-14(3)4)12-9-15(5)6;/h13-16H,7-12H2,1-6H3;/q-1;+1. The van der Waals surface area contributed by atoms with Crippen LogP contribution in [0.2, 0.25) is 19.0 Å². The van der Waals surface area contributed by atoms with Crippen LogP contribution in [0.3, 0.4) is 0 Å². The van der Waals surface area contributed by atoms with Crippen LogP contribution in [-0.2, 0) is 0 Å². The van der Waals surface area contributed by atoms with Crippen molar-refractivity contribution in [3.05, 3.63) is 0 Å². The smallest absolute Gasteiger partial charge is 0.181 e. The van der Waals surface area contributed by atoms with Crippen molar-refractivity contribution < 1.29 is 29.6 Å². The van der Waals surface area contributed by atoms with Crippen molar-refractivity contribution in [1.82, 2.24) is 0 Å². The van der Waals surface area contributed by atoms with Crippen molar-refractivity contribution in [3.63, 3.8) is 0 Å². The van der Waals surface area contributed by atoms with Gasteiger partial charge in [0.05, 0.1) is 0 Å². The van der Waals surface area contributed by atoms with Crippen molar-refractivity contribution in [1.29, 1.82) is 0 Å². The molecule has 0 radical (unpaired) electrons. The van der Waals surface area contributed by atoms with Crippen LogP contribution in [0.15, 0.2) is 0 Å². The first kappa shape index (κ1) is 20.4. The van der Waals surface area contributed by atoms with Crippen LogP contribution >= 0.6 is 0 Å². The molecule has 0 N–H and O–H groups in total. The van der Waals surface area contributed by atoms with E-state index in [2.05, 4.69) is 41.5 Å². The minimum atomic E-state index is 0. The van der Waals surface area contributed by atoms with Gasteiger partial charge in [0.1, 0.15) is 0 Å². The Morgan fingerprint density at radius 3 is 1.00 bits per heavy atom. The van der Waals surface area contributed by atoms with Crippen LogP contribution in [0.25, 0.3) is 0 Å². The summed E-state index contributed by atoms with van der Waals surface area (Å²) in [6.07, 6.45) is 8.98. The van der Waals surface area contributed by atoms with E-state index in [4.69, 9.17) is 0 Å². The third-order valence-electron chi connectivity index (χ3n) is 3.84. The minimum absolute atomic E-state index is 0. The van der Waals surface area contributed by atoms with Gasteiger partial charge in [0.2, 0.25) is 0 Å². The van der Waals surface area contributed by atoms with Gasteiger partial charge in [-0.1, -0.05) is 78.6 Å².